The van der Waals surface area contributed by atoms with Gasteiger partial charge < -0.3 is 4.74 Å². The summed E-state index contributed by atoms with van der Waals surface area (Å²) in [5.41, 5.74) is 6.12. The summed E-state index contributed by atoms with van der Waals surface area (Å²) in [6.45, 7) is 23.1. The van der Waals surface area contributed by atoms with Gasteiger partial charge in [-0.2, -0.15) is 0 Å². The number of rotatable bonds is 6. The Morgan fingerprint density at radius 3 is 2.35 bits per heavy atom. The molecule has 0 heterocycles. The number of esters is 1. The molecule has 0 aromatic rings. The van der Waals surface area contributed by atoms with Gasteiger partial charge in [0.05, 0.1) is 0 Å². The van der Waals surface area contributed by atoms with Crippen LogP contribution in [0.25, 0.3) is 0 Å². The number of fused-ring (bicyclic) bond motifs is 4. The minimum atomic E-state index is -0.118. The SMILES string of the molecule is C=C(C)CCC[C@@H](C)[C@H]1CC[C@@]2(C)C3=C(CC[C@]12C)[C@@]1(C)CC[C@H](OC(C)=O)C(C)(C)[C@@H]1CC3. The van der Waals surface area contributed by atoms with Gasteiger partial charge in [0.25, 0.3) is 0 Å². The maximum absolute atomic E-state index is 11.8. The lowest BCUT2D eigenvalue weighted by molar-refractivity contribution is -0.167. The topological polar surface area (TPSA) is 26.3 Å². The second-order valence-corrected chi connectivity index (χ2v) is 14.1. The molecule has 2 saturated carbocycles. The van der Waals surface area contributed by atoms with Crippen LogP contribution in [0.4, 0.5) is 0 Å². The number of hydrogen-bond donors (Lipinski definition) is 0. The summed E-state index contributed by atoms with van der Waals surface area (Å²) < 4.78 is 5.87. The standard InChI is InChI=1S/C32H52O2/c1-21(2)11-10-12-22(3)24-15-19-32(9)26-13-14-27-29(5,6)28(34-23(4)33)17-18-30(27,7)25(26)16-20-31(24,32)8/h22,24,27-28H,1,10-20H2,2-9H3/t22-,24-,27+,28+,30-,31-,32+/m1/s1. The molecule has 2 heteroatoms. The molecule has 0 N–H and O–H groups in total. The molecule has 192 valence electrons. The molecule has 0 amide bonds. The van der Waals surface area contributed by atoms with E-state index >= 15 is 0 Å². The minimum Gasteiger partial charge on any atom is -0.462 e. The average Bonchev–Trinajstić information content (AvgIpc) is 3.01. The highest BCUT2D eigenvalue weighted by Gasteiger charge is 2.63. The molecule has 0 aromatic carbocycles. The van der Waals surface area contributed by atoms with E-state index in [0.29, 0.717) is 16.7 Å². The predicted molar refractivity (Wildman–Crippen MR) is 142 cm³/mol. The van der Waals surface area contributed by atoms with Crippen molar-refractivity contribution in [1.82, 2.24) is 0 Å². The molecule has 7 atom stereocenters. The first kappa shape index (κ1) is 26.0. The van der Waals surface area contributed by atoms with Crippen LogP contribution in [-0.2, 0) is 9.53 Å². The van der Waals surface area contributed by atoms with Crippen LogP contribution in [0.1, 0.15) is 126 Å². The van der Waals surface area contributed by atoms with E-state index in [1.54, 1.807) is 6.92 Å². The van der Waals surface area contributed by atoms with Crippen LogP contribution in [-0.4, -0.2) is 12.1 Å². The summed E-state index contributed by atoms with van der Waals surface area (Å²) in [7, 11) is 0. The molecule has 4 aliphatic rings. The third-order valence-electron chi connectivity index (χ3n) is 12.0. The summed E-state index contributed by atoms with van der Waals surface area (Å²) in [5.74, 6) is 2.13. The zero-order chi connectivity index (χ0) is 25.1. The fourth-order valence-corrected chi connectivity index (χ4v) is 9.95. The van der Waals surface area contributed by atoms with Crippen LogP contribution in [0.2, 0.25) is 0 Å². The van der Waals surface area contributed by atoms with Crippen LogP contribution >= 0.6 is 0 Å². The van der Waals surface area contributed by atoms with Gasteiger partial charge >= 0.3 is 5.97 Å². The smallest absolute Gasteiger partial charge is 0.302 e. The van der Waals surface area contributed by atoms with Gasteiger partial charge in [-0.15, -0.1) is 6.58 Å². The molecule has 34 heavy (non-hydrogen) atoms. The fraction of sp³-hybridized carbons (Fsp3) is 0.844. The van der Waals surface area contributed by atoms with E-state index in [1.807, 2.05) is 11.1 Å². The molecular weight excluding hydrogens is 416 g/mol. The molecule has 0 aromatic heterocycles. The second kappa shape index (κ2) is 8.81. The van der Waals surface area contributed by atoms with Gasteiger partial charge in [-0.25, -0.2) is 0 Å². The summed E-state index contributed by atoms with van der Waals surface area (Å²) in [5, 5.41) is 0. The van der Waals surface area contributed by atoms with E-state index in [9.17, 15) is 4.79 Å². The van der Waals surface area contributed by atoms with Crippen LogP contribution in [0.3, 0.4) is 0 Å². The minimum absolute atomic E-state index is 0.0366. The lowest BCUT2D eigenvalue weighted by Gasteiger charge is -2.62. The van der Waals surface area contributed by atoms with Gasteiger partial charge in [0.1, 0.15) is 6.10 Å². The highest BCUT2D eigenvalue weighted by Crippen LogP contribution is 2.72. The van der Waals surface area contributed by atoms with Crippen molar-refractivity contribution in [1.29, 1.82) is 0 Å². The van der Waals surface area contributed by atoms with E-state index < -0.39 is 0 Å². The number of hydrogen-bond acceptors (Lipinski definition) is 2. The Hall–Kier alpha value is -1.05. The normalized spacial score (nSPS) is 41.8. The van der Waals surface area contributed by atoms with Crippen molar-refractivity contribution in [3.63, 3.8) is 0 Å². The van der Waals surface area contributed by atoms with Crippen LogP contribution in [0, 0.1) is 39.4 Å². The molecular formula is C32H52O2. The quantitative estimate of drug-likeness (QED) is 0.287. The molecule has 4 rings (SSSR count). The summed E-state index contributed by atoms with van der Waals surface area (Å²) in [6, 6.07) is 0. The molecule has 0 aliphatic heterocycles. The highest BCUT2D eigenvalue weighted by molar-refractivity contribution is 5.66. The highest BCUT2D eigenvalue weighted by atomic mass is 16.5. The Kier molecular flexibility index (Phi) is 6.74. The van der Waals surface area contributed by atoms with Gasteiger partial charge in [-0.1, -0.05) is 64.7 Å². The Morgan fingerprint density at radius 1 is 1.00 bits per heavy atom. The molecule has 4 aliphatic carbocycles. The van der Waals surface area contributed by atoms with Crippen molar-refractivity contribution >= 4 is 5.97 Å². The molecule has 0 unspecified atom stereocenters. The number of carbonyl (C=O) groups is 1. The van der Waals surface area contributed by atoms with Gasteiger partial charge in [-0.3, -0.25) is 4.79 Å². The molecule has 2 fully saturated rings. The molecule has 0 bridgehead atoms. The van der Waals surface area contributed by atoms with Gasteiger partial charge in [0.15, 0.2) is 0 Å². The van der Waals surface area contributed by atoms with E-state index in [-0.39, 0.29) is 22.9 Å². The molecule has 2 nitrogen and oxygen atoms in total. The van der Waals surface area contributed by atoms with E-state index in [2.05, 4.69) is 55.0 Å². The van der Waals surface area contributed by atoms with Crippen molar-refractivity contribution in [2.75, 3.05) is 0 Å². The van der Waals surface area contributed by atoms with Crippen LogP contribution in [0.5, 0.6) is 0 Å². The van der Waals surface area contributed by atoms with Crippen molar-refractivity contribution in [2.24, 2.45) is 39.4 Å². The predicted octanol–water partition coefficient (Wildman–Crippen LogP) is 9.05. The van der Waals surface area contributed by atoms with Gasteiger partial charge in [0.2, 0.25) is 0 Å². The fourth-order valence-electron chi connectivity index (χ4n) is 9.95. The van der Waals surface area contributed by atoms with Crippen molar-refractivity contribution in [2.45, 2.75) is 132 Å². The van der Waals surface area contributed by atoms with Crippen molar-refractivity contribution in [3.05, 3.63) is 23.3 Å². The molecule has 0 saturated heterocycles. The summed E-state index contributed by atoms with van der Waals surface area (Å²) in [6.07, 6.45) is 14.0. The van der Waals surface area contributed by atoms with E-state index in [0.717, 1.165) is 18.3 Å². The zero-order valence-corrected chi connectivity index (χ0v) is 23.6. The van der Waals surface area contributed by atoms with Crippen molar-refractivity contribution in [3.8, 4) is 0 Å². The van der Waals surface area contributed by atoms with Crippen LogP contribution < -0.4 is 0 Å². The number of carbonyl (C=O) groups excluding carboxylic acids is 1. The first-order chi connectivity index (χ1) is 15.8. The first-order valence-corrected chi connectivity index (χ1v) is 14.3. The summed E-state index contributed by atoms with van der Waals surface area (Å²) in [4.78, 5) is 11.8. The van der Waals surface area contributed by atoms with E-state index in [1.165, 1.54) is 69.8 Å². The number of ether oxygens (including phenoxy) is 1. The third-order valence-corrected chi connectivity index (χ3v) is 12.0. The van der Waals surface area contributed by atoms with Crippen molar-refractivity contribution < 1.29 is 9.53 Å². The van der Waals surface area contributed by atoms with Crippen LogP contribution in [0.15, 0.2) is 23.3 Å². The Bertz CT molecular complexity index is 864. The molecule has 0 spiro atoms. The Labute approximate surface area is 210 Å². The maximum Gasteiger partial charge on any atom is 0.302 e. The lowest BCUT2D eigenvalue weighted by Crippen LogP contribution is -2.55. The first-order valence-electron chi connectivity index (χ1n) is 14.3. The van der Waals surface area contributed by atoms with Gasteiger partial charge in [0, 0.05) is 12.3 Å². The molecule has 0 radical (unpaired) electrons. The monoisotopic (exact) mass is 468 g/mol. The van der Waals surface area contributed by atoms with E-state index in [4.69, 9.17) is 4.74 Å². The zero-order valence-electron chi connectivity index (χ0n) is 23.6. The number of allylic oxidation sites excluding steroid dienone is 3. The Morgan fingerprint density at radius 2 is 1.71 bits per heavy atom. The average molecular weight is 469 g/mol. The second-order valence-electron chi connectivity index (χ2n) is 14.1. The third kappa shape index (κ3) is 3.85. The maximum atomic E-state index is 11.8. The lowest BCUT2D eigenvalue weighted by atomic mass is 9.43. The summed E-state index contributed by atoms with van der Waals surface area (Å²) >= 11 is 0. The Balaban J connectivity index is 1.62. The van der Waals surface area contributed by atoms with Gasteiger partial charge in [-0.05, 0) is 105 Å². The largest absolute Gasteiger partial charge is 0.462 e.